The minimum absolute atomic E-state index is 0.132. The summed E-state index contributed by atoms with van der Waals surface area (Å²) < 4.78 is 26.0. The Kier molecular flexibility index (Phi) is 5.32. The Morgan fingerprint density at radius 3 is 2.57 bits per heavy atom. The van der Waals surface area contributed by atoms with Crippen molar-refractivity contribution >= 4 is 40.9 Å². The van der Waals surface area contributed by atoms with Gasteiger partial charge in [0.2, 0.25) is 0 Å². The molecule has 0 fully saturated rings. The van der Waals surface area contributed by atoms with Crippen LogP contribution in [0.4, 0.5) is 14.5 Å². The minimum Gasteiger partial charge on any atom is -0.320 e. The van der Waals surface area contributed by atoms with E-state index in [-0.39, 0.29) is 26.9 Å². The molecule has 0 atom stereocenters. The third kappa shape index (κ3) is 4.07. The molecule has 2 aromatic carbocycles. The summed E-state index contributed by atoms with van der Waals surface area (Å²) >= 11 is 11.8. The zero-order valence-corrected chi connectivity index (χ0v) is 12.9. The molecule has 0 aliphatic heterocycles. The number of carbonyl (C=O) groups excluding carboxylic acids is 1. The van der Waals surface area contributed by atoms with Crippen LogP contribution < -0.4 is 5.32 Å². The number of anilines is 1. The molecule has 0 radical (unpaired) electrons. The Bertz CT molecular complexity index is 844. The van der Waals surface area contributed by atoms with Gasteiger partial charge in [0.05, 0.1) is 15.7 Å². The Morgan fingerprint density at radius 2 is 1.91 bits per heavy atom. The van der Waals surface area contributed by atoms with E-state index in [1.165, 1.54) is 12.1 Å². The van der Waals surface area contributed by atoms with Crippen molar-refractivity contribution in [2.45, 2.75) is 0 Å². The Balaban J connectivity index is 2.28. The Hall–Kier alpha value is -2.42. The van der Waals surface area contributed by atoms with Crippen molar-refractivity contribution in [1.29, 1.82) is 5.26 Å². The highest BCUT2D eigenvalue weighted by molar-refractivity contribution is 6.44. The van der Waals surface area contributed by atoms with Gasteiger partial charge in [0.1, 0.15) is 11.6 Å². The third-order valence-corrected chi connectivity index (χ3v) is 3.64. The molecule has 1 N–H and O–H groups in total. The second kappa shape index (κ2) is 7.23. The summed E-state index contributed by atoms with van der Waals surface area (Å²) in [6.45, 7) is 0. The van der Waals surface area contributed by atoms with Crippen molar-refractivity contribution in [3.05, 3.63) is 69.2 Å². The summed E-state index contributed by atoms with van der Waals surface area (Å²) in [4.78, 5) is 12.1. The van der Waals surface area contributed by atoms with Gasteiger partial charge in [0, 0.05) is 0 Å². The molecule has 0 aliphatic carbocycles. The molecule has 0 aromatic heterocycles. The van der Waals surface area contributed by atoms with E-state index in [2.05, 4.69) is 5.32 Å². The van der Waals surface area contributed by atoms with Gasteiger partial charge in [-0.2, -0.15) is 5.26 Å². The highest BCUT2D eigenvalue weighted by Crippen LogP contribution is 2.29. The second-order valence-electron chi connectivity index (χ2n) is 4.40. The molecule has 3 nitrogen and oxygen atoms in total. The molecule has 0 spiro atoms. The van der Waals surface area contributed by atoms with E-state index in [4.69, 9.17) is 28.5 Å². The molecule has 1 amide bonds. The van der Waals surface area contributed by atoms with Gasteiger partial charge in [-0.15, -0.1) is 0 Å². The van der Waals surface area contributed by atoms with Gasteiger partial charge in [-0.05, 0) is 35.9 Å². The van der Waals surface area contributed by atoms with Gasteiger partial charge >= 0.3 is 0 Å². The topological polar surface area (TPSA) is 52.9 Å². The van der Waals surface area contributed by atoms with E-state index in [0.717, 1.165) is 18.2 Å². The number of amides is 1. The number of nitriles is 1. The lowest BCUT2D eigenvalue weighted by molar-refractivity contribution is -0.112. The van der Waals surface area contributed by atoms with Crippen LogP contribution in [0.15, 0.2) is 42.0 Å². The maximum absolute atomic E-state index is 13.2. The van der Waals surface area contributed by atoms with Crippen LogP contribution in [0.2, 0.25) is 10.0 Å². The van der Waals surface area contributed by atoms with Crippen molar-refractivity contribution in [3.63, 3.8) is 0 Å². The van der Waals surface area contributed by atoms with Crippen LogP contribution in [-0.4, -0.2) is 5.91 Å². The smallest absolute Gasteiger partial charge is 0.266 e. The number of hydrogen-bond acceptors (Lipinski definition) is 2. The number of halogens is 4. The number of benzene rings is 2. The lowest BCUT2D eigenvalue weighted by Crippen LogP contribution is -2.13. The van der Waals surface area contributed by atoms with Gasteiger partial charge in [-0.25, -0.2) is 8.78 Å². The maximum Gasteiger partial charge on any atom is 0.266 e. The fraction of sp³-hybridized carbons (Fsp3) is 0. The van der Waals surface area contributed by atoms with Crippen molar-refractivity contribution in [2.75, 3.05) is 5.32 Å². The molecule has 23 heavy (non-hydrogen) atoms. The molecule has 0 unspecified atom stereocenters. The van der Waals surface area contributed by atoms with Crippen LogP contribution in [-0.2, 0) is 4.79 Å². The summed E-state index contributed by atoms with van der Waals surface area (Å²) in [5.41, 5.74) is 0.107. The van der Waals surface area contributed by atoms with Crippen LogP contribution in [0.1, 0.15) is 5.56 Å². The van der Waals surface area contributed by atoms with E-state index in [0.29, 0.717) is 0 Å². The first-order chi connectivity index (χ1) is 10.9. The predicted octanol–water partition coefficient (Wildman–Crippen LogP) is 4.82. The largest absolute Gasteiger partial charge is 0.320 e. The zero-order valence-electron chi connectivity index (χ0n) is 11.4. The van der Waals surface area contributed by atoms with Gasteiger partial charge in [-0.3, -0.25) is 4.79 Å². The number of nitrogens with one attached hydrogen (secondary N) is 1. The molecule has 0 saturated heterocycles. The molecule has 0 bridgehead atoms. The predicted molar refractivity (Wildman–Crippen MR) is 85.0 cm³/mol. The molecule has 2 rings (SSSR count). The van der Waals surface area contributed by atoms with Crippen molar-refractivity contribution < 1.29 is 13.6 Å². The molecule has 0 heterocycles. The van der Waals surface area contributed by atoms with Gasteiger partial charge < -0.3 is 5.32 Å². The first-order valence-electron chi connectivity index (χ1n) is 6.24. The highest BCUT2D eigenvalue weighted by Gasteiger charge is 2.13. The standard InChI is InChI=1S/C16H8Cl2F2N2O/c17-11-2-1-3-14(15(11)18)22-16(23)10(8-21)6-9-4-5-12(19)13(20)7-9/h1-7H,(H,22,23)/b10-6+. The molecular weight excluding hydrogens is 345 g/mol. The van der Waals surface area contributed by atoms with Crippen LogP contribution in [0.3, 0.4) is 0 Å². The fourth-order valence-electron chi connectivity index (χ4n) is 1.71. The van der Waals surface area contributed by atoms with E-state index < -0.39 is 17.5 Å². The van der Waals surface area contributed by atoms with Crippen LogP contribution in [0.5, 0.6) is 0 Å². The normalized spacial score (nSPS) is 11.0. The highest BCUT2D eigenvalue weighted by atomic mass is 35.5. The Morgan fingerprint density at radius 1 is 1.17 bits per heavy atom. The Labute approximate surface area is 140 Å². The van der Waals surface area contributed by atoms with Crippen LogP contribution >= 0.6 is 23.2 Å². The lowest BCUT2D eigenvalue weighted by atomic mass is 10.1. The van der Waals surface area contributed by atoms with Crippen molar-refractivity contribution in [3.8, 4) is 6.07 Å². The molecular formula is C16H8Cl2F2N2O. The van der Waals surface area contributed by atoms with Gasteiger partial charge in [0.15, 0.2) is 11.6 Å². The molecule has 2 aromatic rings. The average Bonchev–Trinajstić information content (AvgIpc) is 2.52. The van der Waals surface area contributed by atoms with Crippen LogP contribution in [0, 0.1) is 23.0 Å². The number of rotatable bonds is 3. The van der Waals surface area contributed by atoms with Gasteiger partial charge in [0.25, 0.3) is 5.91 Å². The zero-order chi connectivity index (χ0) is 17.0. The van der Waals surface area contributed by atoms with Crippen molar-refractivity contribution in [1.82, 2.24) is 0 Å². The molecule has 7 heteroatoms. The van der Waals surface area contributed by atoms with Crippen molar-refractivity contribution in [2.24, 2.45) is 0 Å². The van der Waals surface area contributed by atoms with E-state index in [9.17, 15) is 13.6 Å². The SMILES string of the molecule is N#C/C(=C\c1ccc(F)c(F)c1)C(=O)Nc1cccc(Cl)c1Cl. The average molecular weight is 353 g/mol. The summed E-state index contributed by atoms with van der Waals surface area (Å²) in [6, 6.07) is 9.36. The number of carbonyl (C=O) groups is 1. The first-order valence-corrected chi connectivity index (χ1v) is 7.00. The van der Waals surface area contributed by atoms with E-state index in [1.54, 1.807) is 18.2 Å². The fourth-order valence-corrected chi connectivity index (χ4v) is 2.06. The van der Waals surface area contributed by atoms with Gasteiger partial charge in [-0.1, -0.05) is 35.3 Å². The minimum atomic E-state index is -1.07. The monoisotopic (exact) mass is 352 g/mol. The summed E-state index contributed by atoms with van der Waals surface area (Å²) in [5.74, 6) is -2.84. The van der Waals surface area contributed by atoms with Crippen LogP contribution in [0.25, 0.3) is 6.08 Å². The lowest BCUT2D eigenvalue weighted by Gasteiger charge is -2.07. The number of hydrogen-bond donors (Lipinski definition) is 1. The van der Waals surface area contributed by atoms with E-state index in [1.807, 2.05) is 0 Å². The third-order valence-electron chi connectivity index (χ3n) is 2.82. The van der Waals surface area contributed by atoms with E-state index >= 15 is 0 Å². The maximum atomic E-state index is 13.2. The molecule has 0 aliphatic rings. The summed E-state index contributed by atoms with van der Waals surface area (Å²) in [6.07, 6.45) is 1.14. The quantitative estimate of drug-likeness (QED) is 0.636. The second-order valence-corrected chi connectivity index (χ2v) is 5.18. The first kappa shape index (κ1) is 16.9. The molecule has 116 valence electrons. The number of nitrogens with zero attached hydrogens (tertiary/aromatic N) is 1. The summed E-state index contributed by atoms with van der Waals surface area (Å²) in [5, 5.41) is 11.9. The summed E-state index contributed by atoms with van der Waals surface area (Å²) in [7, 11) is 0. The molecule has 0 saturated carbocycles.